The van der Waals surface area contributed by atoms with Crippen molar-refractivity contribution in [3.05, 3.63) is 29.8 Å². The van der Waals surface area contributed by atoms with E-state index in [2.05, 4.69) is 32.6 Å². The van der Waals surface area contributed by atoms with Crippen LogP contribution < -0.4 is 4.74 Å². The first-order chi connectivity index (χ1) is 9.88. The van der Waals surface area contributed by atoms with Gasteiger partial charge in [-0.25, -0.2) is 0 Å². The number of nitrogens with zero attached hydrogens (tertiary/aromatic N) is 1. The van der Waals surface area contributed by atoms with Crippen molar-refractivity contribution in [2.24, 2.45) is 11.8 Å². The molecule has 0 aliphatic rings. The molecule has 0 bridgehead atoms. The van der Waals surface area contributed by atoms with Gasteiger partial charge >= 0.3 is 0 Å². The molecule has 1 aromatic carbocycles. The maximum absolute atomic E-state index is 10.2. The summed E-state index contributed by atoms with van der Waals surface area (Å²) < 4.78 is 5.73. The number of aliphatic hydroxyl groups is 1. The van der Waals surface area contributed by atoms with Gasteiger partial charge in [-0.3, -0.25) is 0 Å². The van der Waals surface area contributed by atoms with E-state index in [0.29, 0.717) is 25.0 Å². The van der Waals surface area contributed by atoms with Crippen LogP contribution in [0.5, 0.6) is 5.75 Å². The highest BCUT2D eigenvalue weighted by Gasteiger charge is 2.15. The number of benzene rings is 1. The van der Waals surface area contributed by atoms with Crippen LogP contribution in [0.1, 0.15) is 33.3 Å². The normalized spacial score (nSPS) is 13.2. The predicted molar refractivity (Wildman–Crippen MR) is 88.8 cm³/mol. The van der Waals surface area contributed by atoms with Gasteiger partial charge in [-0.15, -0.1) is 0 Å². The van der Waals surface area contributed by atoms with E-state index in [1.807, 2.05) is 31.2 Å². The molecule has 1 N–H and O–H groups in total. The van der Waals surface area contributed by atoms with Crippen LogP contribution in [0.4, 0.5) is 0 Å². The summed E-state index contributed by atoms with van der Waals surface area (Å²) in [5, 5.41) is 10.2. The lowest BCUT2D eigenvalue weighted by Crippen LogP contribution is -2.39. The summed E-state index contributed by atoms with van der Waals surface area (Å²) in [6.07, 6.45) is -0.456. The molecule has 0 aromatic heterocycles. The summed E-state index contributed by atoms with van der Waals surface area (Å²) >= 11 is 0. The Morgan fingerprint density at radius 1 is 1.00 bits per heavy atom. The van der Waals surface area contributed by atoms with Gasteiger partial charge in [0.15, 0.2) is 0 Å². The van der Waals surface area contributed by atoms with E-state index in [9.17, 15) is 5.11 Å². The zero-order valence-electron chi connectivity index (χ0n) is 14.2. The molecule has 1 aromatic rings. The minimum atomic E-state index is -0.456. The van der Waals surface area contributed by atoms with Gasteiger partial charge in [-0.05, 0) is 30.4 Å². The van der Waals surface area contributed by atoms with Crippen LogP contribution in [0.15, 0.2) is 24.3 Å². The summed E-state index contributed by atoms with van der Waals surface area (Å²) in [5.74, 6) is 2.07. The Kier molecular flexibility index (Phi) is 7.76. The Labute approximate surface area is 129 Å². The second-order valence-corrected chi connectivity index (χ2v) is 6.74. The van der Waals surface area contributed by atoms with Gasteiger partial charge < -0.3 is 14.7 Å². The third-order valence-corrected chi connectivity index (χ3v) is 3.24. The number of para-hydroxylation sites is 1. The first kappa shape index (κ1) is 18.0. The molecule has 0 fully saturated rings. The second-order valence-electron chi connectivity index (χ2n) is 6.74. The van der Waals surface area contributed by atoms with Crippen LogP contribution >= 0.6 is 0 Å². The molecule has 3 nitrogen and oxygen atoms in total. The van der Waals surface area contributed by atoms with Crippen molar-refractivity contribution in [1.82, 2.24) is 4.90 Å². The molecule has 0 saturated heterocycles. The number of hydrogen-bond donors (Lipinski definition) is 1. The lowest BCUT2D eigenvalue weighted by atomic mass is 10.1. The zero-order chi connectivity index (χ0) is 15.8. The minimum absolute atomic E-state index is 0.345. The Bertz CT molecular complexity index is 394. The smallest absolute Gasteiger partial charge is 0.122 e. The molecular formula is C18H31NO2. The standard InChI is InChI=1S/C18H31NO2/c1-14(2)10-19(11-15(3)4)12-17(20)13-21-18-9-7-6-8-16(18)5/h6-9,14-15,17,20H,10-13H2,1-5H3. The quantitative estimate of drug-likeness (QED) is 0.758. The Hall–Kier alpha value is -1.06. The molecule has 21 heavy (non-hydrogen) atoms. The number of ether oxygens (including phenoxy) is 1. The summed E-state index contributed by atoms with van der Waals surface area (Å²) in [6.45, 7) is 13.9. The van der Waals surface area contributed by atoms with Gasteiger partial charge in [0.1, 0.15) is 18.5 Å². The van der Waals surface area contributed by atoms with Gasteiger partial charge in [0.25, 0.3) is 0 Å². The van der Waals surface area contributed by atoms with E-state index >= 15 is 0 Å². The van der Waals surface area contributed by atoms with Crippen molar-refractivity contribution in [1.29, 1.82) is 0 Å². The summed E-state index contributed by atoms with van der Waals surface area (Å²) in [7, 11) is 0. The molecule has 1 atom stereocenters. The molecular weight excluding hydrogens is 262 g/mol. The summed E-state index contributed by atoms with van der Waals surface area (Å²) in [6, 6.07) is 7.91. The molecule has 0 aliphatic heterocycles. The van der Waals surface area contributed by atoms with E-state index in [4.69, 9.17) is 4.74 Å². The fourth-order valence-electron chi connectivity index (χ4n) is 2.51. The van der Waals surface area contributed by atoms with Crippen molar-refractivity contribution in [3.8, 4) is 5.75 Å². The predicted octanol–water partition coefficient (Wildman–Crippen LogP) is 3.35. The molecule has 1 unspecified atom stereocenters. The first-order valence-corrected chi connectivity index (χ1v) is 7.97. The summed E-state index contributed by atoms with van der Waals surface area (Å²) in [4.78, 5) is 2.33. The van der Waals surface area contributed by atoms with E-state index < -0.39 is 6.10 Å². The largest absolute Gasteiger partial charge is 0.491 e. The third-order valence-electron chi connectivity index (χ3n) is 3.24. The van der Waals surface area contributed by atoms with Crippen molar-refractivity contribution in [2.75, 3.05) is 26.2 Å². The third kappa shape index (κ3) is 7.49. The average molecular weight is 293 g/mol. The van der Waals surface area contributed by atoms with E-state index in [1.54, 1.807) is 0 Å². The highest BCUT2D eigenvalue weighted by atomic mass is 16.5. The number of aryl methyl sites for hydroxylation is 1. The van der Waals surface area contributed by atoms with Crippen LogP contribution in [0, 0.1) is 18.8 Å². The van der Waals surface area contributed by atoms with Gasteiger partial charge in [-0.2, -0.15) is 0 Å². The van der Waals surface area contributed by atoms with Crippen molar-refractivity contribution < 1.29 is 9.84 Å². The maximum atomic E-state index is 10.2. The first-order valence-electron chi connectivity index (χ1n) is 7.97. The highest BCUT2D eigenvalue weighted by Crippen LogP contribution is 2.16. The number of aliphatic hydroxyl groups excluding tert-OH is 1. The Morgan fingerprint density at radius 2 is 1.57 bits per heavy atom. The zero-order valence-corrected chi connectivity index (χ0v) is 14.2. The molecule has 1 rings (SSSR count). The van der Waals surface area contributed by atoms with Gasteiger partial charge in [0, 0.05) is 19.6 Å². The Morgan fingerprint density at radius 3 is 2.10 bits per heavy atom. The molecule has 120 valence electrons. The molecule has 3 heteroatoms. The molecule has 0 radical (unpaired) electrons. The van der Waals surface area contributed by atoms with Crippen LogP contribution in [0.3, 0.4) is 0 Å². The lowest BCUT2D eigenvalue weighted by molar-refractivity contribution is 0.0599. The van der Waals surface area contributed by atoms with Crippen LogP contribution in [0.2, 0.25) is 0 Å². The molecule has 0 spiro atoms. The monoisotopic (exact) mass is 293 g/mol. The van der Waals surface area contributed by atoms with Crippen molar-refractivity contribution >= 4 is 0 Å². The minimum Gasteiger partial charge on any atom is -0.491 e. The molecule has 0 amide bonds. The molecule has 0 heterocycles. The lowest BCUT2D eigenvalue weighted by Gasteiger charge is -2.28. The SMILES string of the molecule is Cc1ccccc1OCC(O)CN(CC(C)C)CC(C)C. The van der Waals surface area contributed by atoms with E-state index in [1.165, 1.54) is 0 Å². The fraction of sp³-hybridized carbons (Fsp3) is 0.667. The molecule has 0 aliphatic carbocycles. The van der Waals surface area contributed by atoms with Crippen LogP contribution in [0.25, 0.3) is 0 Å². The van der Waals surface area contributed by atoms with Gasteiger partial charge in [0.2, 0.25) is 0 Å². The van der Waals surface area contributed by atoms with E-state index in [0.717, 1.165) is 24.4 Å². The number of hydrogen-bond acceptors (Lipinski definition) is 3. The van der Waals surface area contributed by atoms with Crippen LogP contribution in [-0.2, 0) is 0 Å². The van der Waals surface area contributed by atoms with Crippen molar-refractivity contribution in [3.63, 3.8) is 0 Å². The van der Waals surface area contributed by atoms with Gasteiger partial charge in [0.05, 0.1) is 0 Å². The van der Waals surface area contributed by atoms with Crippen LogP contribution in [-0.4, -0.2) is 42.4 Å². The van der Waals surface area contributed by atoms with Crippen molar-refractivity contribution in [2.45, 2.75) is 40.7 Å². The number of rotatable bonds is 9. The van der Waals surface area contributed by atoms with Gasteiger partial charge in [-0.1, -0.05) is 45.9 Å². The van der Waals surface area contributed by atoms with E-state index in [-0.39, 0.29) is 0 Å². The summed E-state index contributed by atoms with van der Waals surface area (Å²) in [5.41, 5.74) is 1.10. The fourth-order valence-corrected chi connectivity index (χ4v) is 2.51. The topological polar surface area (TPSA) is 32.7 Å². The molecule has 0 saturated carbocycles. The maximum Gasteiger partial charge on any atom is 0.122 e. The highest BCUT2D eigenvalue weighted by molar-refractivity contribution is 5.31. The average Bonchev–Trinajstić information content (AvgIpc) is 2.36. The second kappa shape index (κ2) is 9.06. The Balaban J connectivity index is 2.46.